The number of hydrogen-bond acceptors (Lipinski definition) is 2. The Morgan fingerprint density at radius 3 is 2.67 bits per heavy atom. The number of aliphatic carboxylic acids is 1. The van der Waals surface area contributed by atoms with E-state index in [1.165, 1.54) is 16.8 Å². The SMILES string of the molecule is Cc1cccc(C)c1N1CCCC1CCC(=O)O. The zero-order valence-corrected chi connectivity index (χ0v) is 11.1. The summed E-state index contributed by atoms with van der Waals surface area (Å²) >= 11 is 0. The fraction of sp³-hybridized carbons (Fsp3) is 0.533. The lowest BCUT2D eigenvalue weighted by atomic mass is 10.0. The summed E-state index contributed by atoms with van der Waals surface area (Å²) in [5.74, 6) is -0.691. The Morgan fingerprint density at radius 1 is 1.39 bits per heavy atom. The van der Waals surface area contributed by atoms with Gasteiger partial charge in [-0.25, -0.2) is 0 Å². The first kappa shape index (κ1) is 12.9. The van der Waals surface area contributed by atoms with E-state index in [-0.39, 0.29) is 6.42 Å². The van der Waals surface area contributed by atoms with Crippen LogP contribution in [0.3, 0.4) is 0 Å². The van der Waals surface area contributed by atoms with E-state index in [1.54, 1.807) is 0 Å². The van der Waals surface area contributed by atoms with Crippen molar-refractivity contribution in [3.8, 4) is 0 Å². The van der Waals surface area contributed by atoms with Crippen LogP contribution in [0.5, 0.6) is 0 Å². The molecule has 0 radical (unpaired) electrons. The van der Waals surface area contributed by atoms with E-state index in [0.29, 0.717) is 6.04 Å². The summed E-state index contributed by atoms with van der Waals surface area (Å²) in [6.45, 7) is 5.32. The molecule has 1 aromatic carbocycles. The first-order valence-electron chi connectivity index (χ1n) is 6.64. The molecular formula is C15H21NO2. The Bertz CT molecular complexity index is 422. The Hall–Kier alpha value is -1.51. The van der Waals surface area contributed by atoms with Crippen molar-refractivity contribution in [3.05, 3.63) is 29.3 Å². The highest BCUT2D eigenvalue weighted by Crippen LogP contribution is 2.32. The van der Waals surface area contributed by atoms with Gasteiger partial charge >= 0.3 is 5.97 Å². The van der Waals surface area contributed by atoms with Crippen LogP contribution in [0.2, 0.25) is 0 Å². The van der Waals surface area contributed by atoms with E-state index in [2.05, 4.69) is 36.9 Å². The summed E-state index contributed by atoms with van der Waals surface area (Å²) < 4.78 is 0. The molecule has 1 saturated heterocycles. The van der Waals surface area contributed by atoms with Crippen LogP contribution in [0, 0.1) is 13.8 Å². The van der Waals surface area contributed by atoms with E-state index in [9.17, 15) is 4.79 Å². The molecule has 2 rings (SSSR count). The largest absolute Gasteiger partial charge is 0.481 e. The number of carbonyl (C=O) groups is 1. The minimum absolute atomic E-state index is 0.270. The van der Waals surface area contributed by atoms with Crippen molar-refractivity contribution in [2.45, 2.75) is 45.6 Å². The van der Waals surface area contributed by atoms with Gasteiger partial charge in [0.1, 0.15) is 0 Å². The number of anilines is 1. The number of aryl methyl sites for hydroxylation is 2. The molecule has 18 heavy (non-hydrogen) atoms. The Labute approximate surface area is 108 Å². The van der Waals surface area contributed by atoms with Crippen LogP contribution < -0.4 is 4.90 Å². The number of carboxylic acids is 1. The lowest BCUT2D eigenvalue weighted by molar-refractivity contribution is -0.137. The van der Waals surface area contributed by atoms with Crippen LogP contribution in [0.15, 0.2) is 18.2 Å². The van der Waals surface area contributed by atoms with Gasteiger partial charge < -0.3 is 10.0 Å². The molecule has 0 saturated carbocycles. The van der Waals surface area contributed by atoms with Gasteiger partial charge in [0, 0.05) is 24.7 Å². The van der Waals surface area contributed by atoms with Gasteiger partial charge in [-0.1, -0.05) is 18.2 Å². The van der Waals surface area contributed by atoms with Crippen LogP contribution >= 0.6 is 0 Å². The second-order valence-corrected chi connectivity index (χ2v) is 5.16. The van der Waals surface area contributed by atoms with E-state index in [4.69, 9.17) is 5.11 Å². The lowest BCUT2D eigenvalue weighted by Gasteiger charge is -2.29. The maximum Gasteiger partial charge on any atom is 0.303 e. The average molecular weight is 247 g/mol. The molecule has 1 atom stereocenters. The minimum atomic E-state index is -0.691. The fourth-order valence-corrected chi connectivity index (χ4v) is 2.98. The molecule has 1 N–H and O–H groups in total. The molecule has 0 bridgehead atoms. The van der Waals surface area contributed by atoms with Crippen LogP contribution in [-0.4, -0.2) is 23.7 Å². The van der Waals surface area contributed by atoms with Gasteiger partial charge in [-0.15, -0.1) is 0 Å². The number of nitrogens with zero attached hydrogens (tertiary/aromatic N) is 1. The summed E-state index contributed by atoms with van der Waals surface area (Å²) in [5, 5.41) is 8.82. The van der Waals surface area contributed by atoms with Gasteiger partial charge in [0.15, 0.2) is 0 Å². The number of benzene rings is 1. The van der Waals surface area contributed by atoms with Crippen LogP contribution in [0.25, 0.3) is 0 Å². The first-order chi connectivity index (χ1) is 8.59. The number of carboxylic acid groups (broad SMARTS) is 1. The van der Waals surface area contributed by atoms with E-state index < -0.39 is 5.97 Å². The summed E-state index contributed by atoms with van der Waals surface area (Å²) in [4.78, 5) is 13.1. The molecule has 0 spiro atoms. The molecule has 0 aromatic heterocycles. The first-order valence-corrected chi connectivity index (χ1v) is 6.64. The van der Waals surface area contributed by atoms with Gasteiger partial charge in [0.2, 0.25) is 0 Å². The second kappa shape index (κ2) is 5.42. The van der Waals surface area contributed by atoms with Crippen molar-refractivity contribution in [1.82, 2.24) is 0 Å². The maximum absolute atomic E-state index is 10.7. The van der Waals surface area contributed by atoms with Crippen molar-refractivity contribution in [2.75, 3.05) is 11.4 Å². The molecule has 1 aromatic rings. The fourth-order valence-electron chi connectivity index (χ4n) is 2.98. The molecule has 1 unspecified atom stereocenters. The molecule has 0 aliphatic carbocycles. The topological polar surface area (TPSA) is 40.5 Å². The quantitative estimate of drug-likeness (QED) is 0.888. The van der Waals surface area contributed by atoms with E-state index in [0.717, 1.165) is 25.8 Å². The Balaban J connectivity index is 2.18. The minimum Gasteiger partial charge on any atom is -0.481 e. The number of para-hydroxylation sites is 1. The summed E-state index contributed by atoms with van der Waals surface area (Å²) in [7, 11) is 0. The van der Waals surface area contributed by atoms with Crippen molar-refractivity contribution in [3.63, 3.8) is 0 Å². The standard InChI is InChI=1S/C15H21NO2/c1-11-5-3-6-12(2)15(11)16-10-4-7-13(16)8-9-14(17)18/h3,5-6,13H,4,7-10H2,1-2H3,(H,17,18). The van der Waals surface area contributed by atoms with Gasteiger partial charge in [-0.3, -0.25) is 4.79 Å². The number of rotatable bonds is 4. The highest BCUT2D eigenvalue weighted by atomic mass is 16.4. The van der Waals surface area contributed by atoms with Crippen LogP contribution in [-0.2, 0) is 4.79 Å². The van der Waals surface area contributed by atoms with Crippen molar-refractivity contribution >= 4 is 11.7 Å². The third kappa shape index (κ3) is 2.66. The van der Waals surface area contributed by atoms with Gasteiger partial charge in [-0.05, 0) is 44.2 Å². The van der Waals surface area contributed by atoms with Crippen molar-refractivity contribution < 1.29 is 9.90 Å². The number of hydrogen-bond donors (Lipinski definition) is 1. The van der Waals surface area contributed by atoms with Gasteiger partial charge in [0.05, 0.1) is 0 Å². The summed E-state index contributed by atoms with van der Waals surface area (Å²) in [5.41, 5.74) is 3.89. The molecule has 98 valence electrons. The Morgan fingerprint density at radius 2 is 2.06 bits per heavy atom. The summed E-state index contributed by atoms with van der Waals surface area (Å²) in [6, 6.07) is 6.74. The molecule has 0 amide bonds. The van der Waals surface area contributed by atoms with E-state index >= 15 is 0 Å². The highest BCUT2D eigenvalue weighted by Gasteiger charge is 2.26. The third-order valence-electron chi connectivity index (χ3n) is 3.80. The Kier molecular flexibility index (Phi) is 3.90. The van der Waals surface area contributed by atoms with Crippen molar-refractivity contribution in [1.29, 1.82) is 0 Å². The second-order valence-electron chi connectivity index (χ2n) is 5.16. The summed E-state index contributed by atoms with van der Waals surface area (Å²) in [6.07, 6.45) is 3.30. The van der Waals surface area contributed by atoms with Gasteiger partial charge in [0.25, 0.3) is 0 Å². The lowest BCUT2D eigenvalue weighted by Crippen LogP contribution is -2.30. The molecule has 1 aliphatic rings. The highest BCUT2D eigenvalue weighted by molar-refractivity contribution is 5.67. The zero-order valence-electron chi connectivity index (χ0n) is 11.1. The molecule has 3 nitrogen and oxygen atoms in total. The van der Waals surface area contributed by atoms with Crippen LogP contribution in [0.4, 0.5) is 5.69 Å². The van der Waals surface area contributed by atoms with Crippen molar-refractivity contribution in [2.24, 2.45) is 0 Å². The van der Waals surface area contributed by atoms with Crippen LogP contribution in [0.1, 0.15) is 36.8 Å². The average Bonchev–Trinajstić information content (AvgIpc) is 2.74. The predicted octanol–water partition coefficient (Wildman–Crippen LogP) is 3.14. The molecule has 3 heteroatoms. The molecular weight excluding hydrogens is 226 g/mol. The molecule has 1 heterocycles. The normalized spacial score (nSPS) is 19.2. The monoisotopic (exact) mass is 247 g/mol. The third-order valence-corrected chi connectivity index (χ3v) is 3.80. The predicted molar refractivity (Wildman–Crippen MR) is 73.2 cm³/mol. The molecule has 1 fully saturated rings. The smallest absolute Gasteiger partial charge is 0.303 e. The zero-order chi connectivity index (χ0) is 13.1. The molecule has 1 aliphatic heterocycles. The van der Waals surface area contributed by atoms with E-state index in [1.807, 2.05) is 0 Å². The maximum atomic E-state index is 10.7. The van der Waals surface area contributed by atoms with Gasteiger partial charge in [-0.2, -0.15) is 0 Å².